The summed E-state index contributed by atoms with van der Waals surface area (Å²) in [6.07, 6.45) is 0.892. The minimum atomic E-state index is -0.967. The normalized spacial score (nSPS) is 10.7. The third-order valence-electron chi connectivity index (χ3n) is 3.18. The van der Waals surface area contributed by atoms with Gasteiger partial charge in [0.15, 0.2) is 0 Å². The van der Waals surface area contributed by atoms with Gasteiger partial charge in [0.2, 0.25) is 0 Å². The lowest BCUT2D eigenvalue weighted by atomic mass is 9.94. The molecule has 7 heteroatoms. The van der Waals surface area contributed by atoms with E-state index in [0.29, 0.717) is 12.8 Å². The Hall–Kier alpha value is -2.13. The Labute approximate surface area is 121 Å². The molecule has 1 aromatic carbocycles. The van der Waals surface area contributed by atoms with Crippen LogP contribution in [-0.4, -0.2) is 16.4 Å². The molecule has 1 aromatic rings. The van der Waals surface area contributed by atoms with Gasteiger partial charge in [-0.2, -0.15) is 5.26 Å². The van der Waals surface area contributed by atoms with E-state index in [1.807, 2.05) is 0 Å². The van der Waals surface area contributed by atoms with Crippen molar-refractivity contribution < 1.29 is 9.72 Å². The number of hydrogen-bond donors (Lipinski definition) is 1. The molecule has 1 rings (SSSR count). The van der Waals surface area contributed by atoms with Crippen LogP contribution in [0.3, 0.4) is 0 Å². The lowest BCUT2D eigenvalue weighted by Crippen LogP contribution is -2.46. The predicted octanol–water partition coefficient (Wildman–Crippen LogP) is 3.06. The van der Waals surface area contributed by atoms with Crippen molar-refractivity contribution in [2.75, 3.05) is 0 Å². The van der Waals surface area contributed by atoms with Crippen LogP contribution in [-0.2, 0) is 0 Å². The van der Waals surface area contributed by atoms with Gasteiger partial charge in [0.25, 0.3) is 11.6 Å². The number of nitro groups is 1. The first-order valence-electron chi connectivity index (χ1n) is 6.06. The van der Waals surface area contributed by atoms with Gasteiger partial charge in [0.1, 0.15) is 10.6 Å². The monoisotopic (exact) mass is 295 g/mol. The van der Waals surface area contributed by atoms with E-state index in [2.05, 4.69) is 11.4 Å². The molecule has 0 aliphatic carbocycles. The van der Waals surface area contributed by atoms with Gasteiger partial charge in [-0.3, -0.25) is 14.9 Å². The molecule has 1 N–H and O–H groups in total. The quantitative estimate of drug-likeness (QED) is 0.667. The largest absolute Gasteiger partial charge is 0.334 e. The van der Waals surface area contributed by atoms with E-state index in [0.717, 1.165) is 6.07 Å². The van der Waals surface area contributed by atoms with E-state index in [1.165, 1.54) is 12.1 Å². The van der Waals surface area contributed by atoms with Gasteiger partial charge in [-0.25, -0.2) is 0 Å². The van der Waals surface area contributed by atoms with E-state index in [1.54, 1.807) is 13.8 Å². The molecule has 1 amide bonds. The number of nitro benzene ring substituents is 1. The number of halogens is 1. The summed E-state index contributed by atoms with van der Waals surface area (Å²) in [5, 5.41) is 22.5. The first-order chi connectivity index (χ1) is 9.39. The second kappa shape index (κ2) is 6.35. The zero-order chi connectivity index (χ0) is 15.3. The van der Waals surface area contributed by atoms with Gasteiger partial charge >= 0.3 is 0 Å². The van der Waals surface area contributed by atoms with E-state index in [-0.39, 0.29) is 16.3 Å². The molecule has 0 fully saturated rings. The van der Waals surface area contributed by atoms with Crippen LogP contribution in [0.4, 0.5) is 5.69 Å². The number of nitriles is 1. The molecule has 0 radical (unpaired) electrons. The van der Waals surface area contributed by atoms with E-state index in [4.69, 9.17) is 16.9 Å². The summed E-state index contributed by atoms with van der Waals surface area (Å²) in [4.78, 5) is 22.2. The standard InChI is InChI=1S/C13H14ClN3O3/c1-3-13(4-2,8-15)16-12(18)9-5-6-10(14)11(7-9)17(19)20/h5-7H,3-4H2,1-2H3,(H,16,18). The number of carbonyl (C=O) groups excluding carboxylic acids is 1. The third-order valence-corrected chi connectivity index (χ3v) is 3.50. The number of rotatable bonds is 5. The molecular formula is C13H14ClN3O3. The van der Waals surface area contributed by atoms with Crippen LogP contribution >= 0.6 is 11.6 Å². The zero-order valence-corrected chi connectivity index (χ0v) is 11.9. The van der Waals surface area contributed by atoms with Crippen LogP contribution in [0.1, 0.15) is 37.0 Å². The fourth-order valence-corrected chi connectivity index (χ4v) is 1.88. The van der Waals surface area contributed by atoms with Gasteiger partial charge in [-0.15, -0.1) is 0 Å². The Balaban J connectivity index is 3.08. The van der Waals surface area contributed by atoms with Crippen LogP contribution in [0.2, 0.25) is 5.02 Å². The Morgan fingerprint density at radius 2 is 2.10 bits per heavy atom. The summed E-state index contributed by atoms with van der Waals surface area (Å²) >= 11 is 5.69. The zero-order valence-electron chi connectivity index (χ0n) is 11.1. The van der Waals surface area contributed by atoms with Gasteiger partial charge in [-0.05, 0) is 25.0 Å². The van der Waals surface area contributed by atoms with Gasteiger partial charge in [-0.1, -0.05) is 25.4 Å². The Morgan fingerprint density at radius 3 is 2.55 bits per heavy atom. The average Bonchev–Trinajstić information content (AvgIpc) is 2.45. The van der Waals surface area contributed by atoms with Crippen molar-refractivity contribution in [3.8, 4) is 6.07 Å². The second-order valence-electron chi connectivity index (χ2n) is 4.28. The highest BCUT2D eigenvalue weighted by atomic mass is 35.5. The molecule has 0 aromatic heterocycles. The number of hydrogen-bond acceptors (Lipinski definition) is 4. The Morgan fingerprint density at radius 1 is 1.50 bits per heavy atom. The summed E-state index contributed by atoms with van der Waals surface area (Å²) in [5.41, 5.74) is -1.21. The van der Waals surface area contributed by atoms with Crippen LogP contribution in [0.25, 0.3) is 0 Å². The molecule has 0 aliphatic rings. The maximum absolute atomic E-state index is 12.1. The van der Waals surface area contributed by atoms with Crippen molar-refractivity contribution >= 4 is 23.2 Å². The maximum Gasteiger partial charge on any atom is 0.288 e. The molecule has 6 nitrogen and oxygen atoms in total. The molecule has 0 aliphatic heterocycles. The fraction of sp³-hybridized carbons (Fsp3) is 0.385. The second-order valence-corrected chi connectivity index (χ2v) is 4.69. The number of amides is 1. The smallest absolute Gasteiger partial charge is 0.288 e. The van der Waals surface area contributed by atoms with E-state index >= 15 is 0 Å². The molecular weight excluding hydrogens is 282 g/mol. The molecule has 106 valence electrons. The van der Waals surface area contributed by atoms with Gasteiger partial charge in [0.05, 0.1) is 11.0 Å². The fourth-order valence-electron chi connectivity index (χ4n) is 1.70. The lowest BCUT2D eigenvalue weighted by Gasteiger charge is -2.24. The van der Waals surface area contributed by atoms with Crippen molar-refractivity contribution in [1.82, 2.24) is 5.32 Å². The molecule has 0 saturated carbocycles. The topological polar surface area (TPSA) is 96.0 Å². The predicted molar refractivity (Wildman–Crippen MR) is 74.5 cm³/mol. The summed E-state index contributed by atoms with van der Waals surface area (Å²) in [5.74, 6) is -0.532. The minimum absolute atomic E-state index is 0.0379. The molecule has 0 bridgehead atoms. The van der Waals surface area contributed by atoms with Crippen molar-refractivity contribution in [2.24, 2.45) is 0 Å². The summed E-state index contributed by atoms with van der Waals surface area (Å²) < 4.78 is 0. The van der Waals surface area contributed by atoms with Crippen molar-refractivity contribution in [3.63, 3.8) is 0 Å². The van der Waals surface area contributed by atoms with Gasteiger partial charge < -0.3 is 5.32 Å². The van der Waals surface area contributed by atoms with Crippen LogP contribution < -0.4 is 5.32 Å². The van der Waals surface area contributed by atoms with Crippen molar-refractivity contribution in [3.05, 3.63) is 38.9 Å². The van der Waals surface area contributed by atoms with Crippen LogP contribution in [0, 0.1) is 21.4 Å². The summed E-state index contributed by atoms with van der Waals surface area (Å²) in [7, 11) is 0. The van der Waals surface area contributed by atoms with Crippen molar-refractivity contribution in [1.29, 1.82) is 5.26 Å². The highest BCUT2D eigenvalue weighted by molar-refractivity contribution is 6.32. The number of carbonyl (C=O) groups is 1. The number of benzene rings is 1. The van der Waals surface area contributed by atoms with Crippen LogP contribution in [0.15, 0.2) is 18.2 Å². The first-order valence-corrected chi connectivity index (χ1v) is 6.44. The highest BCUT2D eigenvalue weighted by Crippen LogP contribution is 2.25. The first kappa shape index (κ1) is 15.9. The molecule has 0 spiro atoms. The number of nitrogens with zero attached hydrogens (tertiary/aromatic N) is 2. The Bertz CT molecular complexity index is 577. The number of nitrogens with one attached hydrogen (secondary N) is 1. The SMILES string of the molecule is CCC(C#N)(CC)NC(=O)c1ccc(Cl)c([N+](=O)[O-])c1. The molecule has 0 saturated heterocycles. The third kappa shape index (κ3) is 3.25. The maximum atomic E-state index is 12.1. The van der Waals surface area contributed by atoms with Gasteiger partial charge in [0, 0.05) is 11.6 Å². The summed E-state index contributed by atoms with van der Waals surface area (Å²) in [6, 6.07) is 5.85. The van der Waals surface area contributed by atoms with Crippen LogP contribution in [0.5, 0.6) is 0 Å². The summed E-state index contributed by atoms with van der Waals surface area (Å²) in [6.45, 7) is 3.58. The minimum Gasteiger partial charge on any atom is -0.334 e. The molecule has 0 atom stereocenters. The van der Waals surface area contributed by atoms with E-state index in [9.17, 15) is 14.9 Å². The lowest BCUT2D eigenvalue weighted by molar-refractivity contribution is -0.384. The molecule has 20 heavy (non-hydrogen) atoms. The highest BCUT2D eigenvalue weighted by Gasteiger charge is 2.28. The Kier molecular flexibility index (Phi) is 5.06. The van der Waals surface area contributed by atoms with Crippen molar-refractivity contribution in [2.45, 2.75) is 32.2 Å². The average molecular weight is 296 g/mol. The van der Waals surface area contributed by atoms with E-state index < -0.39 is 16.4 Å². The molecule has 0 unspecified atom stereocenters. The molecule has 0 heterocycles.